The van der Waals surface area contributed by atoms with Gasteiger partial charge in [0.05, 0.1) is 18.6 Å². The van der Waals surface area contributed by atoms with Crippen LogP contribution in [-0.2, 0) is 19.4 Å². The molecule has 8 heteroatoms. The highest BCUT2D eigenvalue weighted by atomic mass is 32.2. The molecule has 7 nitrogen and oxygen atoms in total. The first-order valence-electron chi connectivity index (χ1n) is 8.51. The SMILES string of the molecule is COc1cc2ccccc2cc1C(=O)OCC(=O)N(C)[C@H]1CCS(=O)(=O)C1. The van der Waals surface area contributed by atoms with E-state index in [1.165, 1.54) is 19.1 Å². The maximum absolute atomic E-state index is 12.5. The van der Waals surface area contributed by atoms with Gasteiger partial charge in [-0.1, -0.05) is 24.3 Å². The van der Waals surface area contributed by atoms with E-state index in [2.05, 4.69) is 0 Å². The van der Waals surface area contributed by atoms with E-state index >= 15 is 0 Å². The van der Waals surface area contributed by atoms with Crippen LogP contribution in [0.3, 0.4) is 0 Å². The molecule has 1 amide bonds. The number of ether oxygens (including phenoxy) is 2. The van der Waals surface area contributed by atoms with E-state index in [1.54, 1.807) is 12.1 Å². The van der Waals surface area contributed by atoms with Gasteiger partial charge < -0.3 is 14.4 Å². The molecule has 0 bridgehead atoms. The van der Waals surface area contributed by atoms with Crippen LogP contribution in [0.1, 0.15) is 16.8 Å². The number of hydrogen-bond acceptors (Lipinski definition) is 6. The molecule has 1 saturated heterocycles. The molecular weight excluding hydrogens is 370 g/mol. The van der Waals surface area contributed by atoms with Crippen molar-refractivity contribution in [3.63, 3.8) is 0 Å². The molecule has 27 heavy (non-hydrogen) atoms. The normalized spacial score (nSPS) is 18.2. The molecule has 1 aliphatic heterocycles. The molecular formula is C19H21NO6S. The standard InChI is InChI=1S/C19H21NO6S/c1-20(15-7-8-27(23,24)12-15)18(21)11-26-19(22)16-9-13-5-3-4-6-14(13)10-17(16)25-2/h3-6,9-10,15H,7-8,11-12H2,1-2H3/t15-/m0/s1. The third kappa shape index (κ3) is 4.21. The lowest BCUT2D eigenvalue weighted by Crippen LogP contribution is -2.40. The zero-order valence-electron chi connectivity index (χ0n) is 15.2. The summed E-state index contributed by atoms with van der Waals surface area (Å²) in [7, 11) is -0.111. The molecule has 0 N–H and O–H groups in total. The highest BCUT2D eigenvalue weighted by Crippen LogP contribution is 2.26. The quantitative estimate of drug-likeness (QED) is 0.720. The van der Waals surface area contributed by atoms with Crippen molar-refractivity contribution < 1.29 is 27.5 Å². The summed E-state index contributed by atoms with van der Waals surface area (Å²) in [5.74, 6) is -0.726. The summed E-state index contributed by atoms with van der Waals surface area (Å²) in [4.78, 5) is 26.1. The number of methoxy groups -OCH3 is 1. The fourth-order valence-electron chi connectivity index (χ4n) is 3.14. The van der Waals surface area contributed by atoms with Crippen LogP contribution in [0.25, 0.3) is 10.8 Å². The Kier molecular flexibility index (Phi) is 5.36. The molecule has 0 radical (unpaired) electrons. The van der Waals surface area contributed by atoms with Crippen LogP contribution >= 0.6 is 0 Å². The summed E-state index contributed by atoms with van der Waals surface area (Å²) in [5.41, 5.74) is 0.232. The fraction of sp³-hybridized carbons (Fsp3) is 0.368. The predicted molar refractivity (Wildman–Crippen MR) is 101 cm³/mol. The van der Waals surface area contributed by atoms with Crippen LogP contribution in [0.2, 0.25) is 0 Å². The van der Waals surface area contributed by atoms with Crippen LogP contribution in [0.5, 0.6) is 5.75 Å². The van der Waals surface area contributed by atoms with Gasteiger partial charge >= 0.3 is 5.97 Å². The zero-order valence-corrected chi connectivity index (χ0v) is 16.0. The number of hydrogen-bond donors (Lipinski definition) is 0. The van der Waals surface area contributed by atoms with Gasteiger partial charge in [0.25, 0.3) is 5.91 Å². The molecule has 0 aliphatic carbocycles. The second-order valence-corrected chi connectivity index (χ2v) is 8.77. The van der Waals surface area contributed by atoms with E-state index in [9.17, 15) is 18.0 Å². The first-order valence-corrected chi connectivity index (χ1v) is 10.3. The topological polar surface area (TPSA) is 90.0 Å². The van der Waals surface area contributed by atoms with Crippen molar-refractivity contribution in [1.82, 2.24) is 4.90 Å². The van der Waals surface area contributed by atoms with E-state index in [0.717, 1.165) is 10.8 Å². The molecule has 2 aromatic rings. The number of likely N-dealkylation sites (N-methyl/N-ethyl adjacent to an activating group) is 1. The van der Waals surface area contributed by atoms with Gasteiger partial charge in [-0.05, 0) is 29.3 Å². The Bertz CT molecular complexity index is 985. The van der Waals surface area contributed by atoms with Crippen LogP contribution in [0.15, 0.2) is 36.4 Å². The van der Waals surface area contributed by atoms with Gasteiger partial charge in [0.2, 0.25) is 0 Å². The van der Waals surface area contributed by atoms with Gasteiger partial charge in [-0.3, -0.25) is 4.79 Å². The molecule has 0 saturated carbocycles. The second-order valence-electron chi connectivity index (χ2n) is 6.54. The molecule has 144 valence electrons. The highest BCUT2D eigenvalue weighted by Gasteiger charge is 2.33. The average Bonchev–Trinajstić information content (AvgIpc) is 3.03. The van der Waals surface area contributed by atoms with Crippen LogP contribution < -0.4 is 4.74 Å². The van der Waals surface area contributed by atoms with Crippen LogP contribution in [-0.4, -0.2) is 63.5 Å². The Hall–Kier alpha value is -2.61. The number of carbonyl (C=O) groups is 2. The van der Waals surface area contributed by atoms with Gasteiger partial charge in [0.15, 0.2) is 16.4 Å². The molecule has 0 aromatic heterocycles. The molecule has 1 heterocycles. The van der Waals surface area contributed by atoms with Crippen molar-refractivity contribution in [3.05, 3.63) is 42.0 Å². The largest absolute Gasteiger partial charge is 0.496 e. The molecule has 3 rings (SSSR count). The Labute approximate surface area is 157 Å². The number of carbonyl (C=O) groups excluding carboxylic acids is 2. The zero-order chi connectivity index (χ0) is 19.6. The van der Waals surface area contributed by atoms with Crippen molar-refractivity contribution in [2.75, 3.05) is 32.3 Å². The summed E-state index contributed by atoms with van der Waals surface area (Å²) in [6.07, 6.45) is 0.400. The van der Waals surface area contributed by atoms with Gasteiger partial charge in [-0.15, -0.1) is 0 Å². The number of esters is 1. The minimum Gasteiger partial charge on any atom is -0.496 e. The van der Waals surface area contributed by atoms with Crippen molar-refractivity contribution >= 4 is 32.5 Å². The van der Waals surface area contributed by atoms with E-state index in [4.69, 9.17) is 9.47 Å². The first kappa shape index (κ1) is 19.2. The minimum atomic E-state index is -3.10. The van der Waals surface area contributed by atoms with Crippen LogP contribution in [0.4, 0.5) is 0 Å². The molecule has 1 fully saturated rings. The summed E-state index contributed by atoms with van der Waals surface area (Å²) in [5, 5.41) is 1.77. The Morgan fingerprint density at radius 3 is 2.44 bits per heavy atom. The monoisotopic (exact) mass is 391 g/mol. The molecule has 0 unspecified atom stereocenters. The summed E-state index contributed by atoms with van der Waals surface area (Å²) in [6, 6.07) is 10.5. The van der Waals surface area contributed by atoms with Gasteiger partial charge in [0, 0.05) is 13.1 Å². The number of nitrogens with zero attached hydrogens (tertiary/aromatic N) is 1. The summed E-state index contributed by atoms with van der Waals surface area (Å²) < 4.78 is 33.5. The van der Waals surface area contributed by atoms with Crippen molar-refractivity contribution in [2.45, 2.75) is 12.5 Å². The lowest BCUT2D eigenvalue weighted by atomic mass is 10.1. The predicted octanol–water partition coefficient (Wildman–Crippen LogP) is 1.65. The third-order valence-electron chi connectivity index (χ3n) is 4.76. The van der Waals surface area contributed by atoms with E-state index < -0.39 is 28.3 Å². The summed E-state index contributed by atoms with van der Waals surface area (Å²) in [6.45, 7) is -0.456. The smallest absolute Gasteiger partial charge is 0.342 e. The Morgan fingerprint density at radius 2 is 1.85 bits per heavy atom. The van der Waals surface area contributed by atoms with Gasteiger partial charge in [-0.2, -0.15) is 0 Å². The molecule has 0 spiro atoms. The van der Waals surface area contributed by atoms with Crippen molar-refractivity contribution in [3.8, 4) is 5.75 Å². The van der Waals surface area contributed by atoms with E-state index in [0.29, 0.717) is 12.2 Å². The van der Waals surface area contributed by atoms with E-state index in [-0.39, 0.29) is 23.1 Å². The molecule has 2 aromatic carbocycles. The number of benzene rings is 2. The first-order chi connectivity index (χ1) is 12.8. The summed E-state index contributed by atoms with van der Waals surface area (Å²) >= 11 is 0. The lowest BCUT2D eigenvalue weighted by molar-refractivity contribution is -0.134. The van der Waals surface area contributed by atoms with Crippen molar-refractivity contribution in [1.29, 1.82) is 0 Å². The number of sulfone groups is 1. The number of amides is 1. The van der Waals surface area contributed by atoms with Crippen molar-refractivity contribution in [2.24, 2.45) is 0 Å². The highest BCUT2D eigenvalue weighted by molar-refractivity contribution is 7.91. The molecule has 1 aliphatic rings. The van der Waals surface area contributed by atoms with E-state index in [1.807, 2.05) is 24.3 Å². The fourth-order valence-corrected chi connectivity index (χ4v) is 4.91. The second kappa shape index (κ2) is 7.56. The van der Waals surface area contributed by atoms with Crippen LogP contribution in [0, 0.1) is 0 Å². The van der Waals surface area contributed by atoms with Gasteiger partial charge in [0.1, 0.15) is 11.3 Å². The number of fused-ring (bicyclic) bond motifs is 1. The maximum atomic E-state index is 12.5. The minimum absolute atomic E-state index is 0.0539. The third-order valence-corrected chi connectivity index (χ3v) is 6.51. The average molecular weight is 391 g/mol. The Morgan fingerprint density at radius 1 is 1.19 bits per heavy atom. The number of rotatable bonds is 5. The lowest BCUT2D eigenvalue weighted by Gasteiger charge is -2.23. The molecule has 1 atom stereocenters. The Balaban J connectivity index is 1.68. The van der Waals surface area contributed by atoms with Gasteiger partial charge in [-0.25, -0.2) is 13.2 Å². The maximum Gasteiger partial charge on any atom is 0.342 e.